The molecule has 0 atom stereocenters. The maximum absolute atomic E-state index is 3.56. The molecule has 0 radical (unpaired) electrons. The molecule has 0 aromatic rings. The quantitative estimate of drug-likeness (QED) is 0.490. The van der Waals surface area contributed by atoms with Crippen molar-refractivity contribution in [1.82, 2.24) is 5.32 Å². The molecular weight excluding hydrogens is 110 g/mol. The van der Waals surface area contributed by atoms with Gasteiger partial charge in [-0.1, -0.05) is 5.57 Å². The highest BCUT2D eigenvalue weighted by molar-refractivity contribution is 4.78. The highest BCUT2D eigenvalue weighted by Crippen LogP contribution is 1.90. The number of nitrogens with one attached hydrogen (secondary N) is 1. The van der Waals surface area contributed by atoms with E-state index in [1.807, 2.05) is 13.8 Å². The summed E-state index contributed by atoms with van der Waals surface area (Å²) in [6, 6.07) is 0. The molecule has 1 N–H and O–H groups in total. The van der Waals surface area contributed by atoms with Crippen LogP contribution in [0.2, 0.25) is 0 Å². The van der Waals surface area contributed by atoms with E-state index in [0.717, 1.165) is 0 Å². The molecule has 54 valence electrons. The predicted molar refractivity (Wildman–Crippen MR) is 42.6 cm³/mol. The number of hydrogen-bond donors (Lipinski definition) is 1. The van der Waals surface area contributed by atoms with E-state index in [4.69, 9.17) is 0 Å². The van der Waals surface area contributed by atoms with Crippen molar-refractivity contribution in [1.29, 1.82) is 0 Å². The Bertz CT molecular complexity index is 61.0. The Morgan fingerprint density at radius 2 is 1.56 bits per heavy atom. The molecule has 0 unspecified atom stereocenters. The monoisotopic (exact) mass is 127 g/mol. The van der Waals surface area contributed by atoms with E-state index in [9.17, 15) is 0 Å². The molecule has 1 fully saturated rings. The maximum atomic E-state index is 3.56. The van der Waals surface area contributed by atoms with Crippen molar-refractivity contribution in [2.24, 2.45) is 0 Å². The average Bonchev–Trinajstić information content (AvgIpc) is 2.11. The molecule has 1 nitrogen and oxygen atoms in total. The largest absolute Gasteiger partial charge is 0.317 e. The van der Waals surface area contributed by atoms with Crippen LogP contribution in [0, 0.1) is 0 Å². The Balaban J connectivity index is 0.000000148. The van der Waals surface area contributed by atoms with Crippen molar-refractivity contribution in [2.75, 3.05) is 13.1 Å². The smallest absolute Gasteiger partial charge is 0.00484 e. The highest BCUT2D eigenvalue weighted by atomic mass is 14.9. The van der Waals surface area contributed by atoms with E-state index in [2.05, 4.69) is 11.9 Å². The van der Waals surface area contributed by atoms with Gasteiger partial charge in [-0.25, -0.2) is 0 Å². The fourth-order valence-electron chi connectivity index (χ4n) is 0.625. The van der Waals surface area contributed by atoms with Crippen molar-refractivity contribution < 1.29 is 0 Å². The SMILES string of the molecule is C1CCNC1.C=C(C)C. The van der Waals surface area contributed by atoms with Crippen molar-refractivity contribution in [2.45, 2.75) is 26.7 Å². The third-order valence-electron chi connectivity index (χ3n) is 0.957. The Hall–Kier alpha value is -0.300. The predicted octanol–water partition coefficient (Wildman–Crippen LogP) is 1.95. The Labute approximate surface area is 58.2 Å². The highest BCUT2D eigenvalue weighted by Gasteiger charge is 1.93. The van der Waals surface area contributed by atoms with E-state index in [-0.39, 0.29) is 0 Å². The van der Waals surface area contributed by atoms with Gasteiger partial charge in [-0.3, -0.25) is 0 Å². The van der Waals surface area contributed by atoms with Crippen LogP contribution in [0.5, 0.6) is 0 Å². The van der Waals surface area contributed by atoms with Gasteiger partial charge >= 0.3 is 0 Å². The van der Waals surface area contributed by atoms with Crippen molar-refractivity contribution >= 4 is 0 Å². The molecule has 0 amide bonds. The fourth-order valence-corrected chi connectivity index (χ4v) is 0.625. The molecule has 1 heteroatoms. The fraction of sp³-hybridized carbons (Fsp3) is 0.750. The summed E-state index contributed by atoms with van der Waals surface area (Å²) in [5, 5.41) is 3.22. The first-order chi connectivity index (χ1) is 4.23. The van der Waals surface area contributed by atoms with Gasteiger partial charge in [0, 0.05) is 0 Å². The minimum absolute atomic E-state index is 1.17. The van der Waals surface area contributed by atoms with Crippen LogP contribution < -0.4 is 5.32 Å². The van der Waals surface area contributed by atoms with Crippen molar-refractivity contribution in [3.63, 3.8) is 0 Å². The molecule has 0 aliphatic carbocycles. The van der Waals surface area contributed by atoms with Gasteiger partial charge in [0.15, 0.2) is 0 Å². The molecular formula is C8H17N. The van der Waals surface area contributed by atoms with Gasteiger partial charge in [-0.15, -0.1) is 6.58 Å². The van der Waals surface area contributed by atoms with E-state index in [0.29, 0.717) is 0 Å². The maximum Gasteiger partial charge on any atom is -0.00484 e. The molecule has 0 aromatic heterocycles. The van der Waals surface area contributed by atoms with Crippen LogP contribution in [0.15, 0.2) is 12.2 Å². The molecule has 0 aromatic carbocycles. The van der Waals surface area contributed by atoms with Gasteiger partial charge < -0.3 is 5.32 Å². The molecule has 0 saturated carbocycles. The van der Waals surface area contributed by atoms with Gasteiger partial charge in [-0.2, -0.15) is 0 Å². The van der Waals surface area contributed by atoms with Gasteiger partial charge in [-0.05, 0) is 39.8 Å². The molecule has 1 aliphatic rings. The lowest BCUT2D eigenvalue weighted by atomic mass is 10.4. The minimum atomic E-state index is 1.17. The first-order valence-corrected chi connectivity index (χ1v) is 3.56. The number of allylic oxidation sites excluding steroid dienone is 1. The first kappa shape index (κ1) is 8.70. The summed E-state index contributed by atoms with van der Waals surface area (Å²) in [6.07, 6.45) is 2.78. The van der Waals surface area contributed by atoms with Gasteiger partial charge in [0.1, 0.15) is 0 Å². The van der Waals surface area contributed by atoms with Crippen LogP contribution in [-0.4, -0.2) is 13.1 Å². The summed E-state index contributed by atoms with van der Waals surface area (Å²) in [6.45, 7) is 10.0. The zero-order valence-electron chi connectivity index (χ0n) is 6.54. The Kier molecular flexibility index (Phi) is 5.64. The molecule has 0 spiro atoms. The molecule has 1 heterocycles. The first-order valence-electron chi connectivity index (χ1n) is 3.56. The zero-order chi connectivity index (χ0) is 7.11. The second-order valence-electron chi connectivity index (χ2n) is 2.66. The lowest BCUT2D eigenvalue weighted by Gasteiger charge is -1.76. The average molecular weight is 127 g/mol. The zero-order valence-corrected chi connectivity index (χ0v) is 6.54. The molecule has 9 heavy (non-hydrogen) atoms. The van der Waals surface area contributed by atoms with E-state index >= 15 is 0 Å². The van der Waals surface area contributed by atoms with Crippen LogP contribution in [-0.2, 0) is 0 Å². The summed E-state index contributed by atoms with van der Waals surface area (Å²) < 4.78 is 0. The molecule has 0 bridgehead atoms. The summed E-state index contributed by atoms with van der Waals surface area (Å²) in [7, 11) is 0. The van der Waals surface area contributed by atoms with Crippen molar-refractivity contribution in [3.05, 3.63) is 12.2 Å². The summed E-state index contributed by atoms with van der Waals surface area (Å²) in [5.41, 5.74) is 1.17. The second-order valence-corrected chi connectivity index (χ2v) is 2.66. The van der Waals surface area contributed by atoms with E-state index < -0.39 is 0 Å². The molecule has 1 saturated heterocycles. The molecule has 1 aliphatic heterocycles. The second kappa shape index (κ2) is 5.83. The summed E-state index contributed by atoms with van der Waals surface area (Å²) in [4.78, 5) is 0. The van der Waals surface area contributed by atoms with E-state index in [1.165, 1.54) is 31.5 Å². The van der Waals surface area contributed by atoms with Crippen LogP contribution in [0.1, 0.15) is 26.7 Å². The number of hydrogen-bond acceptors (Lipinski definition) is 1. The van der Waals surface area contributed by atoms with Crippen LogP contribution in [0.4, 0.5) is 0 Å². The summed E-state index contributed by atoms with van der Waals surface area (Å²) >= 11 is 0. The Morgan fingerprint density at radius 1 is 1.22 bits per heavy atom. The third-order valence-corrected chi connectivity index (χ3v) is 0.957. The van der Waals surface area contributed by atoms with Crippen molar-refractivity contribution in [3.8, 4) is 0 Å². The van der Waals surface area contributed by atoms with Crippen LogP contribution in [0.3, 0.4) is 0 Å². The van der Waals surface area contributed by atoms with Gasteiger partial charge in [0.25, 0.3) is 0 Å². The lowest BCUT2D eigenvalue weighted by Crippen LogP contribution is -2.03. The lowest BCUT2D eigenvalue weighted by molar-refractivity contribution is 0.857. The molecule has 1 rings (SSSR count). The standard InChI is InChI=1S/C4H9N.C4H8/c1-2-4-5-3-1;1-4(2)3/h5H,1-4H2;1H2,2-3H3. The third kappa shape index (κ3) is 11.3. The number of rotatable bonds is 0. The van der Waals surface area contributed by atoms with E-state index in [1.54, 1.807) is 0 Å². The normalized spacial score (nSPS) is 16.2. The summed E-state index contributed by atoms with van der Waals surface area (Å²) in [5.74, 6) is 0. The van der Waals surface area contributed by atoms with Crippen LogP contribution >= 0.6 is 0 Å². The Morgan fingerprint density at radius 3 is 1.67 bits per heavy atom. The minimum Gasteiger partial charge on any atom is -0.317 e. The van der Waals surface area contributed by atoms with Gasteiger partial charge in [0.05, 0.1) is 0 Å². The van der Waals surface area contributed by atoms with Crippen LogP contribution in [0.25, 0.3) is 0 Å². The van der Waals surface area contributed by atoms with Gasteiger partial charge in [0.2, 0.25) is 0 Å². The topological polar surface area (TPSA) is 12.0 Å².